The molecule has 1 aliphatic rings. The Hall–Kier alpha value is -3.68. The number of ether oxygens (including phenoxy) is 2. The van der Waals surface area contributed by atoms with E-state index in [-0.39, 0.29) is 48.3 Å². The number of carbonyl (C=O) groups is 4. The monoisotopic (exact) mass is 452 g/mol. The summed E-state index contributed by atoms with van der Waals surface area (Å²) in [5.74, 6) is -2.16. The fourth-order valence-corrected chi connectivity index (χ4v) is 3.68. The molecule has 1 fully saturated rings. The van der Waals surface area contributed by atoms with Crippen molar-refractivity contribution in [2.75, 3.05) is 31.6 Å². The van der Waals surface area contributed by atoms with Gasteiger partial charge in [-0.1, -0.05) is 30.3 Å². The van der Waals surface area contributed by atoms with Crippen molar-refractivity contribution in [2.45, 2.75) is 26.7 Å². The smallest absolute Gasteiger partial charge is 0.338 e. The highest BCUT2D eigenvalue weighted by atomic mass is 16.5. The number of carbonyl (C=O) groups excluding carboxylic acids is 4. The first-order valence-electron chi connectivity index (χ1n) is 11.0. The summed E-state index contributed by atoms with van der Waals surface area (Å²) in [4.78, 5) is 51.4. The molecule has 8 nitrogen and oxygen atoms in total. The van der Waals surface area contributed by atoms with E-state index in [1.165, 1.54) is 18.2 Å². The number of esters is 2. The molecule has 1 aliphatic heterocycles. The van der Waals surface area contributed by atoms with Gasteiger partial charge in [-0.25, -0.2) is 9.59 Å². The van der Waals surface area contributed by atoms with E-state index in [9.17, 15) is 19.2 Å². The summed E-state index contributed by atoms with van der Waals surface area (Å²) in [6, 6.07) is 14.1. The largest absolute Gasteiger partial charge is 0.462 e. The Morgan fingerprint density at radius 2 is 1.58 bits per heavy atom. The van der Waals surface area contributed by atoms with Crippen molar-refractivity contribution >= 4 is 29.4 Å². The van der Waals surface area contributed by atoms with Crippen LogP contribution in [0.4, 0.5) is 5.69 Å². The van der Waals surface area contributed by atoms with Crippen molar-refractivity contribution < 1.29 is 28.7 Å². The van der Waals surface area contributed by atoms with Gasteiger partial charge >= 0.3 is 11.9 Å². The zero-order valence-electron chi connectivity index (χ0n) is 18.8. The SMILES string of the molecule is CCOC(=O)c1cc(NC(=O)[C@@H]2CC(=O)N(CCc3ccccc3)C2)cc(C(=O)OCC)c1. The molecule has 8 heteroatoms. The van der Waals surface area contributed by atoms with Crippen molar-refractivity contribution in [3.05, 3.63) is 65.2 Å². The third-order valence-electron chi connectivity index (χ3n) is 5.32. The van der Waals surface area contributed by atoms with Gasteiger partial charge in [-0.05, 0) is 44.0 Å². The third-order valence-corrected chi connectivity index (χ3v) is 5.32. The topological polar surface area (TPSA) is 102 Å². The van der Waals surface area contributed by atoms with Gasteiger partial charge < -0.3 is 19.7 Å². The molecule has 0 unspecified atom stereocenters. The zero-order chi connectivity index (χ0) is 23.8. The van der Waals surface area contributed by atoms with E-state index in [2.05, 4.69) is 5.32 Å². The van der Waals surface area contributed by atoms with Crippen molar-refractivity contribution in [1.29, 1.82) is 0 Å². The summed E-state index contributed by atoms with van der Waals surface area (Å²) in [5.41, 5.74) is 1.65. The van der Waals surface area contributed by atoms with Gasteiger partial charge in [-0.2, -0.15) is 0 Å². The van der Waals surface area contributed by atoms with Gasteiger partial charge in [0, 0.05) is 25.2 Å². The van der Waals surface area contributed by atoms with Gasteiger partial charge in [0.15, 0.2) is 0 Å². The molecule has 3 rings (SSSR count). The molecule has 33 heavy (non-hydrogen) atoms. The fraction of sp³-hybridized carbons (Fsp3) is 0.360. The first kappa shape index (κ1) is 24.0. The Labute approximate surface area is 192 Å². The second-order valence-corrected chi connectivity index (χ2v) is 7.71. The predicted molar refractivity (Wildman–Crippen MR) is 122 cm³/mol. The Morgan fingerprint density at radius 3 is 2.15 bits per heavy atom. The Balaban J connectivity index is 1.68. The van der Waals surface area contributed by atoms with Crippen LogP contribution in [0.15, 0.2) is 48.5 Å². The summed E-state index contributed by atoms with van der Waals surface area (Å²) >= 11 is 0. The molecular formula is C25H28N2O6. The molecule has 1 atom stereocenters. The lowest BCUT2D eigenvalue weighted by Crippen LogP contribution is -2.30. The molecule has 1 saturated heterocycles. The molecule has 2 aromatic rings. The van der Waals surface area contributed by atoms with E-state index in [1.54, 1.807) is 18.7 Å². The quantitative estimate of drug-likeness (QED) is 0.587. The summed E-state index contributed by atoms with van der Waals surface area (Å²) in [7, 11) is 0. The molecule has 0 saturated carbocycles. The van der Waals surface area contributed by atoms with Crippen molar-refractivity contribution in [2.24, 2.45) is 5.92 Å². The first-order valence-corrected chi connectivity index (χ1v) is 11.0. The lowest BCUT2D eigenvalue weighted by molar-refractivity contribution is -0.128. The standard InChI is InChI=1S/C25H28N2O6/c1-3-32-24(30)18-12-19(25(31)33-4-2)14-21(13-18)26-23(29)20-15-22(28)27(16-20)11-10-17-8-6-5-7-9-17/h5-9,12-14,20H,3-4,10-11,15-16H2,1-2H3,(H,26,29)/t20-/m1/s1. The Morgan fingerprint density at radius 1 is 0.970 bits per heavy atom. The van der Waals surface area contributed by atoms with Crippen LogP contribution < -0.4 is 5.32 Å². The summed E-state index contributed by atoms with van der Waals surface area (Å²) in [6.45, 7) is 4.56. The van der Waals surface area contributed by atoms with Gasteiger partial charge in [-0.3, -0.25) is 9.59 Å². The van der Waals surface area contributed by atoms with Crippen molar-refractivity contribution in [3.8, 4) is 0 Å². The number of nitrogens with one attached hydrogen (secondary N) is 1. The number of rotatable bonds is 9. The van der Waals surface area contributed by atoms with Crippen LogP contribution in [0.1, 0.15) is 46.5 Å². The maximum atomic E-state index is 12.9. The molecule has 174 valence electrons. The normalized spacial score (nSPS) is 15.3. The molecule has 2 aromatic carbocycles. The Bertz CT molecular complexity index is 985. The summed E-state index contributed by atoms with van der Waals surface area (Å²) in [5, 5.41) is 2.74. The van der Waals surface area contributed by atoms with Crippen LogP contribution in [-0.2, 0) is 25.5 Å². The molecule has 1 heterocycles. The van der Waals surface area contributed by atoms with Gasteiger partial charge in [0.25, 0.3) is 0 Å². The number of hydrogen-bond acceptors (Lipinski definition) is 6. The second kappa shape index (κ2) is 11.3. The van der Waals surface area contributed by atoms with Crippen LogP contribution >= 0.6 is 0 Å². The average Bonchev–Trinajstić information content (AvgIpc) is 3.19. The number of nitrogens with zero attached hydrogens (tertiary/aromatic N) is 1. The number of benzene rings is 2. The van der Waals surface area contributed by atoms with E-state index in [4.69, 9.17) is 9.47 Å². The molecule has 0 spiro atoms. The maximum Gasteiger partial charge on any atom is 0.338 e. The van der Waals surface area contributed by atoms with Gasteiger partial charge in [0.2, 0.25) is 11.8 Å². The predicted octanol–water partition coefficient (Wildman–Crippen LogP) is 3.07. The minimum Gasteiger partial charge on any atom is -0.462 e. The van der Waals surface area contributed by atoms with Crippen molar-refractivity contribution in [1.82, 2.24) is 4.90 Å². The van der Waals surface area contributed by atoms with Gasteiger partial charge in [0.05, 0.1) is 30.3 Å². The van der Waals surface area contributed by atoms with E-state index in [1.807, 2.05) is 30.3 Å². The van der Waals surface area contributed by atoms with Crippen LogP contribution in [0.5, 0.6) is 0 Å². The van der Waals surface area contributed by atoms with Crippen molar-refractivity contribution in [3.63, 3.8) is 0 Å². The second-order valence-electron chi connectivity index (χ2n) is 7.71. The number of amides is 2. The molecular weight excluding hydrogens is 424 g/mol. The number of likely N-dealkylation sites (tertiary alicyclic amines) is 1. The highest BCUT2D eigenvalue weighted by Crippen LogP contribution is 2.22. The number of hydrogen-bond donors (Lipinski definition) is 1. The maximum absolute atomic E-state index is 12.9. The molecule has 0 bridgehead atoms. The third kappa shape index (κ3) is 6.41. The van der Waals surface area contributed by atoms with Crippen LogP contribution in [0, 0.1) is 5.92 Å². The minimum atomic E-state index is -0.609. The fourth-order valence-electron chi connectivity index (χ4n) is 3.68. The van der Waals surface area contributed by atoms with Crippen LogP contribution in [0.25, 0.3) is 0 Å². The van der Waals surface area contributed by atoms with Gasteiger partial charge in [-0.15, -0.1) is 0 Å². The lowest BCUT2D eigenvalue weighted by atomic mass is 10.1. The zero-order valence-corrected chi connectivity index (χ0v) is 18.8. The van der Waals surface area contributed by atoms with E-state index >= 15 is 0 Å². The van der Waals surface area contributed by atoms with Crippen LogP contribution in [0.3, 0.4) is 0 Å². The highest BCUT2D eigenvalue weighted by molar-refractivity contribution is 6.01. The molecule has 0 aliphatic carbocycles. The van der Waals surface area contributed by atoms with E-state index in [0.29, 0.717) is 19.5 Å². The Kier molecular flexibility index (Phi) is 8.18. The van der Waals surface area contributed by atoms with E-state index in [0.717, 1.165) is 5.56 Å². The van der Waals surface area contributed by atoms with Crippen LogP contribution in [0.2, 0.25) is 0 Å². The van der Waals surface area contributed by atoms with Gasteiger partial charge in [0.1, 0.15) is 0 Å². The minimum absolute atomic E-state index is 0.0708. The molecule has 0 radical (unpaired) electrons. The van der Waals surface area contributed by atoms with E-state index < -0.39 is 17.9 Å². The lowest BCUT2D eigenvalue weighted by Gasteiger charge is -2.17. The van der Waals surface area contributed by atoms with Crippen LogP contribution in [-0.4, -0.2) is 55.0 Å². The first-order chi connectivity index (χ1) is 15.9. The molecule has 0 aromatic heterocycles. The average molecular weight is 453 g/mol. The summed E-state index contributed by atoms with van der Waals surface area (Å²) < 4.78 is 10.0. The molecule has 1 N–H and O–H groups in total. The number of anilines is 1. The highest BCUT2D eigenvalue weighted by Gasteiger charge is 2.34. The molecule has 2 amide bonds. The summed E-state index contributed by atoms with van der Waals surface area (Å²) in [6.07, 6.45) is 0.828.